The highest BCUT2D eigenvalue weighted by molar-refractivity contribution is 6.30. The predicted molar refractivity (Wildman–Crippen MR) is 116 cm³/mol. The van der Waals surface area contributed by atoms with Gasteiger partial charge in [0.1, 0.15) is 23.0 Å². The highest BCUT2D eigenvalue weighted by Crippen LogP contribution is 2.36. The van der Waals surface area contributed by atoms with Crippen LogP contribution in [0.25, 0.3) is 21.9 Å². The molecule has 0 unspecified atom stereocenters. The molecule has 1 atom stereocenters. The molecule has 1 amide bonds. The molecule has 0 fully saturated rings. The number of fused-ring (bicyclic) bond motifs is 3. The Morgan fingerprint density at radius 1 is 1.10 bits per heavy atom. The first-order chi connectivity index (χ1) is 14.0. The third-order valence-corrected chi connectivity index (χ3v) is 5.28. The van der Waals surface area contributed by atoms with Gasteiger partial charge >= 0.3 is 0 Å². The van der Waals surface area contributed by atoms with E-state index in [0.29, 0.717) is 22.0 Å². The largest absolute Gasteiger partial charge is 0.495 e. The number of ether oxygens (including phenoxy) is 1. The molecular formula is C23H22ClN2O3+. The smallest absolute Gasteiger partial charge is 0.279 e. The van der Waals surface area contributed by atoms with Crippen LogP contribution in [0.5, 0.6) is 5.75 Å². The fraction of sp³-hybridized carbons (Fsp3) is 0.174. The fourth-order valence-corrected chi connectivity index (χ4v) is 3.53. The molecule has 5 nitrogen and oxygen atoms in total. The molecule has 1 aromatic heterocycles. The molecule has 0 aliphatic heterocycles. The Morgan fingerprint density at radius 3 is 2.62 bits per heavy atom. The third kappa shape index (κ3) is 4.06. The maximum atomic E-state index is 12.5. The van der Waals surface area contributed by atoms with Crippen LogP contribution >= 0.6 is 11.6 Å². The van der Waals surface area contributed by atoms with E-state index >= 15 is 0 Å². The van der Waals surface area contributed by atoms with Gasteiger partial charge in [-0.15, -0.1) is 0 Å². The lowest BCUT2D eigenvalue weighted by atomic mass is 10.1. The Hall–Kier alpha value is -3.02. The maximum Gasteiger partial charge on any atom is 0.279 e. The van der Waals surface area contributed by atoms with Crippen molar-refractivity contribution in [1.29, 1.82) is 0 Å². The summed E-state index contributed by atoms with van der Waals surface area (Å²) in [6.45, 7) is 2.34. The van der Waals surface area contributed by atoms with E-state index in [9.17, 15) is 4.79 Å². The van der Waals surface area contributed by atoms with E-state index in [1.165, 1.54) is 0 Å². The number of amides is 1. The van der Waals surface area contributed by atoms with Crippen LogP contribution in [-0.4, -0.2) is 19.6 Å². The van der Waals surface area contributed by atoms with E-state index in [1.54, 1.807) is 7.11 Å². The average molecular weight is 410 g/mol. The summed E-state index contributed by atoms with van der Waals surface area (Å²) < 4.78 is 11.4. The van der Waals surface area contributed by atoms with Crippen molar-refractivity contribution < 1.29 is 19.3 Å². The van der Waals surface area contributed by atoms with Crippen molar-refractivity contribution in [3.8, 4) is 5.75 Å². The zero-order valence-electron chi connectivity index (χ0n) is 16.2. The molecule has 0 spiro atoms. The number of methoxy groups -OCH3 is 1. The first-order valence-corrected chi connectivity index (χ1v) is 9.81. The number of carbonyl (C=O) groups excluding carboxylic acids is 1. The van der Waals surface area contributed by atoms with E-state index in [4.69, 9.17) is 20.8 Å². The monoisotopic (exact) mass is 409 g/mol. The number of anilines is 1. The number of nitrogens with one attached hydrogen (secondary N) is 1. The van der Waals surface area contributed by atoms with Crippen LogP contribution in [0.4, 0.5) is 5.69 Å². The minimum atomic E-state index is -0.112. The lowest BCUT2D eigenvalue weighted by molar-refractivity contribution is -0.682. The van der Waals surface area contributed by atoms with E-state index in [-0.39, 0.29) is 18.5 Å². The van der Waals surface area contributed by atoms with Crippen LogP contribution < -0.4 is 15.4 Å². The summed E-state index contributed by atoms with van der Waals surface area (Å²) in [7, 11) is 1.59. The standard InChI is InChI=1S/C23H21ClN2O3/c1-14(15-7-9-16(24)10-8-15)25-13-23(27)26-19-12-21-18(11-22(19)28-2)17-5-3-4-6-20(17)29-21/h3-12,14,25H,13H2,1-2H3,(H,26,27)/p+1/t14-/m0/s1. The van der Waals surface area contributed by atoms with Crippen molar-refractivity contribution in [2.45, 2.75) is 13.0 Å². The van der Waals surface area contributed by atoms with E-state index < -0.39 is 0 Å². The Balaban J connectivity index is 1.49. The maximum absolute atomic E-state index is 12.5. The van der Waals surface area contributed by atoms with Gasteiger partial charge in [-0.1, -0.05) is 41.9 Å². The molecule has 6 heteroatoms. The van der Waals surface area contributed by atoms with E-state index in [0.717, 1.165) is 21.9 Å². The summed E-state index contributed by atoms with van der Waals surface area (Å²) in [5.74, 6) is 0.489. The molecule has 0 saturated carbocycles. The van der Waals surface area contributed by atoms with Crippen molar-refractivity contribution in [2.75, 3.05) is 19.0 Å². The first-order valence-electron chi connectivity index (χ1n) is 9.43. The van der Waals surface area contributed by atoms with E-state index in [2.05, 4.69) is 12.2 Å². The Bertz CT molecular complexity index is 1170. The first kappa shape index (κ1) is 19.3. The second kappa shape index (κ2) is 8.15. The Kier molecular flexibility index (Phi) is 5.43. The van der Waals surface area contributed by atoms with Crippen molar-refractivity contribution in [3.63, 3.8) is 0 Å². The number of carbonyl (C=O) groups is 1. The van der Waals surface area contributed by atoms with Crippen LogP contribution in [0.15, 0.2) is 65.1 Å². The van der Waals surface area contributed by atoms with Gasteiger partial charge in [0.25, 0.3) is 5.91 Å². The normalized spacial score (nSPS) is 12.2. The van der Waals surface area contributed by atoms with Gasteiger partial charge in [0, 0.05) is 27.4 Å². The van der Waals surface area contributed by atoms with Crippen LogP contribution in [0, 0.1) is 0 Å². The highest BCUT2D eigenvalue weighted by atomic mass is 35.5. The van der Waals surface area contributed by atoms with Gasteiger partial charge in [-0.2, -0.15) is 0 Å². The predicted octanol–water partition coefficient (Wildman–Crippen LogP) is 4.51. The lowest BCUT2D eigenvalue weighted by Gasteiger charge is -2.13. The van der Waals surface area contributed by atoms with Gasteiger partial charge in [0.05, 0.1) is 12.8 Å². The highest BCUT2D eigenvalue weighted by Gasteiger charge is 2.16. The molecule has 3 N–H and O–H groups in total. The second-order valence-electron chi connectivity index (χ2n) is 6.98. The number of halogens is 1. The summed E-state index contributed by atoms with van der Waals surface area (Å²) in [5, 5.41) is 7.59. The molecule has 148 valence electrons. The number of nitrogens with two attached hydrogens (primary N) is 1. The molecule has 0 aliphatic carbocycles. The zero-order valence-corrected chi connectivity index (χ0v) is 17.0. The SMILES string of the molecule is COc1cc2c(cc1NC(=O)C[NH2+][C@@H](C)c1ccc(Cl)cc1)oc1ccccc12. The van der Waals surface area contributed by atoms with Crippen molar-refractivity contribution in [2.24, 2.45) is 0 Å². The lowest BCUT2D eigenvalue weighted by Crippen LogP contribution is -2.86. The average Bonchev–Trinajstić information content (AvgIpc) is 3.09. The number of rotatable bonds is 6. The van der Waals surface area contributed by atoms with Gasteiger partial charge in [0.15, 0.2) is 6.54 Å². The molecule has 0 bridgehead atoms. The fourth-order valence-electron chi connectivity index (χ4n) is 3.41. The van der Waals surface area contributed by atoms with Crippen molar-refractivity contribution in [3.05, 3.63) is 71.2 Å². The molecule has 3 aromatic carbocycles. The van der Waals surface area contributed by atoms with Crippen LogP contribution in [0.3, 0.4) is 0 Å². The van der Waals surface area contributed by atoms with Crippen molar-refractivity contribution >= 4 is 45.1 Å². The molecule has 1 heterocycles. The van der Waals surface area contributed by atoms with E-state index in [1.807, 2.05) is 66.0 Å². The zero-order chi connectivity index (χ0) is 20.4. The van der Waals surface area contributed by atoms with Crippen LogP contribution in [0.1, 0.15) is 18.5 Å². The molecule has 0 saturated heterocycles. The molecule has 0 radical (unpaired) electrons. The molecule has 29 heavy (non-hydrogen) atoms. The summed E-state index contributed by atoms with van der Waals surface area (Å²) in [6.07, 6.45) is 0. The number of hydrogen-bond donors (Lipinski definition) is 2. The number of para-hydroxylation sites is 1. The van der Waals surface area contributed by atoms with Gasteiger partial charge in [-0.05, 0) is 31.2 Å². The molecule has 0 aliphatic rings. The van der Waals surface area contributed by atoms with Crippen molar-refractivity contribution in [1.82, 2.24) is 0 Å². The van der Waals surface area contributed by atoms with Gasteiger partial charge in [-0.25, -0.2) is 0 Å². The molecule has 4 rings (SSSR count). The number of hydrogen-bond acceptors (Lipinski definition) is 3. The van der Waals surface area contributed by atoms with Crippen LogP contribution in [-0.2, 0) is 4.79 Å². The van der Waals surface area contributed by atoms with Gasteiger partial charge in [0.2, 0.25) is 0 Å². The quantitative estimate of drug-likeness (QED) is 0.492. The summed E-state index contributed by atoms with van der Waals surface area (Å²) >= 11 is 5.94. The van der Waals surface area contributed by atoms with Gasteiger partial charge < -0.3 is 19.8 Å². The summed E-state index contributed by atoms with van der Waals surface area (Å²) in [5.41, 5.74) is 3.22. The minimum absolute atomic E-state index is 0.112. The molecular weight excluding hydrogens is 388 g/mol. The summed E-state index contributed by atoms with van der Waals surface area (Å²) in [4.78, 5) is 12.5. The Labute approximate surface area is 173 Å². The minimum Gasteiger partial charge on any atom is -0.495 e. The molecule has 4 aromatic rings. The number of benzene rings is 3. The van der Waals surface area contributed by atoms with Crippen LogP contribution in [0.2, 0.25) is 5.02 Å². The number of furan rings is 1. The second-order valence-corrected chi connectivity index (χ2v) is 7.41. The number of quaternary nitrogens is 1. The Morgan fingerprint density at radius 2 is 1.86 bits per heavy atom. The topological polar surface area (TPSA) is 68.1 Å². The third-order valence-electron chi connectivity index (χ3n) is 5.03. The summed E-state index contributed by atoms with van der Waals surface area (Å²) in [6, 6.07) is 19.3. The van der Waals surface area contributed by atoms with Gasteiger partial charge in [-0.3, -0.25) is 4.79 Å².